The standard InChI is InChI=1S/C19H29N5O3/c1-12-10-23-16(11-22(12)18(26)27-19(2,3)4)15(9-20-23)24-14-8-6-5-7-13(14)21-17(24)25/h9,12-14H,5-8,10-11H2,1-4H3,(H,21,25)/t12-,13+,14+/m0/s1. The topological polar surface area (TPSA) is 79.7 Å². The largest absolute Gasteiger partial charge is 0.444 e. The van der Waals surface area contributed by atoms with Crippen LogP contribution in [0.25, 0.3) is 0 Å². The van der Waals surface area contributed by atoms with Crippen LogP contribution in [0.2, 0.25) is 0 Å². The number of urea groups is 1. The summed E-state index contributed by atoms with van der Waals surface area (Å²) < 4.78 is 7.50. The number of nitrogens with one attached hydrogen (secondary N) is 1. The molecule has 2 aliphatic heterocycles. The van der Waals surface area contributed by atoms with Gasteiger partial charge in [0.1, 0.15) is 5.60 Å². The second-order valence-corrected chi connectivity index (χ2v) is 8.89. The van der Waals surface area contributed by atoms with Crippen molar-refractivity contribution in [1.29, 1.82) is 0 Å². The fourth-order valence-corrected chi connectivity index (χ4v) is 4.41. The molecule has 8 nitrogen and oxygen atoms in total. The van der Waals surface area contributed by atoms with E-state index in [4.69, 9.17) is 4.74 Å². The third-order valence-electron chi connectivity index (χ3n) is 5.69. The number of ether oxygens (including phenoxy) is 1. The van der Waals surface area contributed by atoms with Gasteiger partial charge in [0.25, 0.3) is 0 Å². The maximum atomic E-state index is 12.7. The van der Waals surface area contributed by atoms with Gasteiger partial charge in [-0.25, -0.2) is 9.59 Å². The van der Waals surface area contributed by atoms with Crippen molar-refractivity contribution in [3.8, 4) is 0 Å². The molecule has 3 aliphatic rings. The Morgan fingerprint density at radius 2 is 2.04 bits per heavy atom. The van der Waals surface area contributed by atoms with E-state index in [9.17, 15) is 9.59 Å². The minimum absolute atomic E-state index is 0.0186. The second kappa shape index (κ2) is 6.42. The molecule has 27 heavy (non-hydrogen) atoms. The van der Waals surface area contributed by atoms with E-state index >= 15 is 0 Å². The van der Waals surface area contributed by atoms with Crippen molar-refractivity contribution in [3.05, 3.63) is 11.9 Å². The van der Waals surface area contributed by atoms with E-state index < -0.39 is 5.60 Å². The Morgan fingerprint density at radius 3 is 2.78 bits per heavy atom. The van der Waals surface area contributed by atoms with Crippen LogP contribution in [0.5, 0.6) is 0 Å². The lowest BCUT2D eigenvalue weighted by molar-refractivity contribution is 0.00913. The molecule has 3 heterocycles. The van der Waals surface area contributed by atoms with Crippen LogP contribution in [0.4, 0.5) is 15.3 Å². The van der Waals surface area contributed by atoms with Crippen LogP contribution in [0.1, 0.15) is 59.1 Å². The highest BCUT2D eigenvalue weighted by Crippen LogP contribution is 2.36. The highest BCUT2D eigenvalue weighted by Gasteiger charge is 2.44. The van der Waals surface area contributed by atoms with Crippen LogP contribution in [-0.2, 0) is 17.8 Å². The molecule has 4 rings (SSSR count). The summed E-state index contributed by atoms with van der Waals surface area (Å²) in [4.78, 5) is 28.9. The molecular weight excluding hydrogens is 346 g/mol. The van der Waals surface area contributed by atoms with Crippen molar-refractivity contribution in [1.82, 2.24) is 20.0 Å². The average Bonchev–Trinajstić information content (AvgIpc) is 3.11. The Labute approximate surface area is 159 Å². The van der Waals surface area contributed by atoms with Gasteiger partial charge in [-0.3, -0.25) is 14.5 Å². The molecule has 3 atom stereocenters. The molecule has 8 heteroatoms. The van der Waals surface area contributed by atoms with E-state index in [0.717, 1.165) is 37.1 Å². The summed E-state index contributed by atoms with van der Waals surface area (Å²) in [7, 11) is 0. The summed E-state index contributed by atoms with van der Waals surface area (Å²) in [6, 6.07) is 0.320. The Balaban J connectivity index is 1.61. The van der Waals surface area contributed by atoms with Crippen LogP contribution in [0.15, 0.2) is 6.20 Å². The third kappa shape index (κ3) is 3.26. The summed E-state index contributed by atoms with van der Waals surface area (Å²) in [5.74, 6) is 0. The first-order chi connectivity index (χ1) is 12.7. The molecule has 3 amide bonds. The molecule has 1 N–H and O–H groups in total. The number of nitrogens with zero attached hydrogens (tertiary/aromatic N) is 4. The van der Waals surface area contributed by atoms with Crippen molar-refractivity contribution >= 4 is 17.8 Å². The third-order valence-corrected chi connectivity index (χ3v) is 5.69. The van der Waals surface area contributed by atoms with E-state index in [0.29, 0.717) is 13.1 Å². The van der Waals surface area contributed by atoms with Gasteiger partial charge in [-0.1, -0.05) is 12.8 Å². The lowest BCUT2D eigenvalue weighted by atomic mass is 9.91. The first-order valence-corrected chi connectivity index (χ1v) is 9.88. The number of hydrogen-bond acceptors (Lipinski definition) is 4. The lowest BCUT2D eigenvalue weighted by Crippen LogP contribution is -2.47. The monoisotopic (exact) mass is 375 g/mol. The van der Waals surface area contributed by atoms with Crippen molar-refractivity contribution in [2.24, 2.45) is 0 Å². The van der Waals surface area contributed by atoms with Crippen molar-refractivity contribution < 1.29 is 14.3 Å². The quantitative estimate of drug-likeness (QED) is 0.818. The highest BCUT2D eigenvalue weighted by molar-refractivity contribution is 5.96. The number of anilines is 1. The summed E-state index contributed by atoms with van der Waals surface area (Å²) in [6.07, 6.45) is 5.77. The predicted octanol–water partition coefficient (Wildman–Crippen LogP) is 2.86. The number of rotatable bonds is 1. The molecule has 1 aromatic heterocycles. The van der Waals surface area contributed by atoms with Gasteiger partial charge in [0.2, 0.25) is 0 Å². The molecule has 1 aliphatic carbocycles. The first-order valence-electron chi connectivity index (χ1n) is 9.88. The first kappa shape index (κ1) is 18.1. The van der Waals surface area contributed by atoms with Crippen molar-refractivity contribution in [2.45, 2.75) is 90.2 Å². The minimum atomic E-state index is -0.540. The summed E-state index contributed by atoms with van der Waals surface area (Å²) in [6.45, 7) is 8.59. The molecule has 1 saturated heterocycles. The molecule has 1 saturated carbocycles. The van der Waals surface area contributed by atoms with Crippen LogP contribution in [0, 0.1) is 0 Å². The van der Waals surface area contributed by atoms with Gasteiger partial charge in [-0.15, -0.1) is 0 Å². The van der Waals surface area contributed by atoms with Crippen LogP contribution in [-0.4, -0.2) is 50.5 Å². The number of carbonyl (C=O) groups excluding carboxylic acids is 2. The summed E-state index contributed by atoms with van der Waals surface area (Å²) in [5.41, 5.74) is 1.18. The Hall–Kier alpha value is -2.25. The summed E-state index contributed by atoms with van der Waals surface area (Å²) in [5, 5.41) is 7.63. The van der Waals surface area contributed by atoms with E-state index in [1.54, 1.807) is 11.1 Å². The van der Waals surface area contributed by atoms with Crippen LogP contribution >= 0.6 is 0 Å². The average molecular weight is 375 g/mol. The SMILES string of the molecule is C[C@H]1Cn2ncc(N3C(=O)N[C@@H]4CCCC[C@H]43)c2CN1C(=O)OC(C)(C)C. The van der Waals surface area contributed by atoms with Gasteiger partial charge in [-0.05, 0) is 40.5 Å². The fraction of sp³-hybridized carbons (Fsp3) is 0.737. The normalized spacial score (nSPS) is 27.9. The number of fused-ring (bicyclic) bond motifs is 2. The molecule has 0 spiro atoms. The highest BCUT2D eigenvalue weighted by atomic mass is 16.6. The zero-order chi connectivity index (χ0) is 19.3. The maximum absolute atomic E-state index is 12.7. The van der Waals surface area contributed by atoms with Gasteiger partial charge in [-0.2, -0.15) is 5.10 Å². The molecular formula is C19H29N5O3. The van der Waals surface area contributed by atoms with Gasteiger partial charge < -0.3 is 10.1 Å². The Bertz CT molecular complexity index is 753. The molecule has 148 valence electrons. The number of aromatic nitrogens is 2. The summed E-state index contributed by atoms with van der Waals surface area (Å²) >= 11 is 0. The molecule has 0 unspecified atom stereocenters. The maximum Gasteiger partial charge on any atom is 0.410 e. The Morgan fingerprint density at radius 1 is 1.30 bits per heavy atom. The molecule has 0 aromatic carbocycles. The van der Waals surface area contributed by atoms with E-state index in [1.165, 1.54) is 0 Å². The van der Waals surface area contributed by atoms with Crippen molar-refractivity contribution in [3.63, 3.8) is 0 Å². The molecule has 1 aromatic rings. The smallest absolute Gasteiger partial charge is 0.410 e. The van der Waals surface area contributed by atoms with Gasteiger partial charge in [0.05, 0.1) is 48.8 Å². The number of amides is 3. The zero-order valence-corrected chi connectivity index (χ0v) is 16.6. The molecule has 0 radical (unpaired) electrons. The number of carbonyl (C=O) groups is 2. The second-order valence-electron chi connectivity index (χ2n) is 8.89. The minimum Gasteiger partial charge on any atom is -0.444 e. The molecule has 0 bridgehead atoms. The van der Waals surface area contributed by atoms with Gasteiger partial charge in [0, 0.05) is 0 Å². The lowest BCUT2D eigenvalue weighted by Gasteiger charge is -2.36. The van der Waals surface area contributed by atoms with Crippen molar-refractivity contribution in [2.75, 3.05) is 4.90 Å². The number of hydrogen-bond donors (Lipinski definition) is 1. The zero-order valence-electron chi connectivity index (χ0n) is 16.6. The van der Waals surface area contributed by atoms with E-state index in [2.05, 4.69) is 10.4 Å². The van der Waals surface area contributed by atoms with Crippen LogP contribution in [0.3, 0.4) is 0 Å². The van der Waals surface area contributed by atoms with Crippen LogP contribution < -0.4 is 10.2 Å². The molecule has 2 fully saturated rings. The Kier molecular flexibility index (Phi) is 4.31. The van der Waals surface area contributed by atoms with E-state index in [-0.39, 0.29) is 30.2 Å². The van der Waals surface area contributed by atoms with E-state index in [1.807, 2.05) is 37.3 Å². The van der Waals surface area contributed by atoms with Gasteiger partial charge in [0.15, 0.2) is 0 Å². The predicted molar refractivity (Wildman–Crippen MR) is 101 cm³/mol. The fourth-order valence-electron chi connectivity index (χ4n) is 4.41. The van der Waals surface area contributed by atoms with Gasteiger partial charge >= 0.3 is 12.1 Å².